The highest BCUT2D eigenvalue weighted by Crippen LogP contribution is 2.08. The summed E-state index contributed by atoms with van der Waals surface area (Å²) in [6.45, 7) is 0. The Labute approximate surface area is 77.3 Å². The van der Waals surface area contributed by atoms with Gasteiger partial charge in [-0.05, 0) is 11.6 Å². The van der Waals surface area contributed by atoms with Crippen molar-refractivity contribution in [1.29, 1.82) is 0 Å². The first-order valence-electron chi connectivity index (χ1n) is 3.86. The van der Waals surface area contributed by atoms with E-state index in [1.807, 2.05) is 6.20 Å². The fourth-order valence-corrected chi connectivity index (χ4v) is 1.15. The van der Waals surface area contributed by atoms with E-state index >= 15 is 0 Å². The van der Waals surface area contributed by atoms with Crippen LogP contribution in [0.2, 0.25) is 0 Å². The molecule has 13 heavy (non-hydrogen) atoms. The van der Waals surface area contributed by atoms with Crippen molar-refractivity contribution >= 4 is 5.97 Å². The van der Waals surface area contributed by atoms with Gasteiger partial charge in [0.1, 0.15) is 5.69 Å². The van der Waals surface area contributed by atoms with E-state index < -0.39 is 0 Å². The normalized spacial score (nSPS) is 9.31. The fraction of sp³-hybridized carbons (Fsp3) is 0.300. The van der Waals surface area contributed by atoms with E-state index in [0.29, 0.717) is 12.1 Å². The van der Waals surface area contributed by atoms with Crippen molar-refractivity contribution < 1.29 is 9.53 Å². The van der Waals surface area contributed by atoms with E-state index in [4.69, 9.17) is 6.42 Å². The van der Waals surface area contributed by atoms with Crippen LogP contribution in [-0.4, -0.2) is 17.6 Å². The number of aromatic nitrogens is 1. The summed E-state index contributed by atoms with van der Waals surface area (Å²) in [5, 5.41) is 0. The van der Waals surface area contributed by atoms with Crippen molar-refractivity contribution in [3.63, 3.8) is 0 Å². The lowest BCUT2D eigenvalue weighted by Crippen LogP contribution is -2.06. The first kappa shape index (κ1) is 9.40. The molecule has 0 bridgehead atoms. The van der Waals surface area contributed by atoms with Crippen molar-refractivity contribution in [3.8, 4) is 12.3 Å². The van der Waals surface area contributed by atoms with Gasteiger partial charge >= 0.3 is 5.97 Å². The average molecular weight is 177 g/mol. The zero-order chi connectivity index (χ0) is 9.84. The number of carbonyl (C=O) groups is 1. The van der Waals surface area contributed by atoms with Gasteiger partial charge in [0, 0.05) is 19.7 Å². The monoisotopic (exact) mass is 177 g/mol. The topological polar surface area (TPSA) is 31.2 Å². The third-order valence-corrected chi connectivity index (χ3v) is 1.76. The van der Waals surface area contributed by atoms with Gasteiger partial charge in [-0.15, -0.1) is 12.3 Å². The lowest BCUT2D eigenvalue weighted by Gasteiger charge is -1.98. The first-order chi connectivity index (χ1) is 6.19. The van der Waals surface area contributed by atoms with E-state index in [1.54, 1.807) is 17.7 Å². The molecular formula is C10H11NO2. The van der Waals surface area contributed by atoms with Gasteiger partial charge in [-0.1, -0.05) is 0 Å². The molecule has 0 atom stereocenters. The Morgan fingerprint density at radius 1 is 1.77 bits per heavy atom. The third-order valence-electron chi connectivity index (χ3n) is 1.76. The average Bonchev–Trinajstić information content (AvgIpc) is 2.46. The van der Waals surface area contributed by atoms with E-state index in [-0.39, 0.29) is 5.97 Å². The first-order valence-corrected chi connectivity index (χ1v) is 3.86. The van der Waals surface area contributed by atoms with Crippen LogP contribution >= 0.6 is 0 Å². The molecule has 0 spiro atoms. The smallest absolute Gasteiger partial charge is 0.354 e. The number of aryl methyl sites for hydroxylation is 1. The summed E-state index contributed by atoms with van der Waals surface area (Å²) in [5.41, 5.74) is 1.47. The molecule has 0 saturated heterocycles. The molecule has 68 valence electrons. The molecule has 1 aromatic rings. The highest BCUT2D eigenvalue weighted by molar-refractivity contribution is 5.87. The Morgan fingerprint density at radius 2 is 2.46 bits per heavy atom. The summed E-state index contributed by atoms with van der Waals surface area (Å²) in [7, 11) is 3.14. The number of ether oxygens (including phenoxy) is 1. The number of hydrogen-bond acceptors (Lipinski definition) is 2. The van der Waals surface area contributed by atoms with E-state index in [2.05, 4.69) is 10.7 Å². The maximum atomic E-state index is 11.2. The molecule has 0 radical (unpaired) electrons. The minimum absolute atomic E-state index is 0.342. The third kappa shape index (κ3) is 1.91. The minimum Gasteiger partial charge on any atom is -0.464 e. The number of hydrogen-bond donors (Lipinski definition) is 0. The van der Waals surface area contributed by atoms with Gasteiger partial charge in [-0.3, -0.25) is 0 Å². The molecule has 0 saturated carbocycles. The van der Waals surface area contributed by atoms with Crippen LogP contribution in [0.1, 0.15) is 16.1 Å². The van der Waals surface area contributed by atoms with Crippen LogP contribution in [0.15, 0.2) is 12.3 Å². The predicted molar refractivity (Wildman–Crippen MR) is 49.3 cm³/mol. The number of terminal acetylenes is 1. The standard InChI is InChI=1S/C10H11NO2/c1-4-5-8-6-9(10(12)13-3)11(2)7-8/h1,6-7H,5H2,2-3H3. The fourth-order valence-electron chi connectivity index (χ4n) is 1.15. The molecule has 0 aliphatic rings. The molecule has 0 aliphatic heterocycles. The molecular weight excluding hydrogens is 166 g/mol. The quantitative estimate of drug-likeness (QED) is 0.498. The van der Waals surface area contributed by atoms with Gasteiger partial charge in [0.25, 0.3) is 0 Å². The number of nitrogens with zero attached hydrogens (tertiary/aromatic N) is 1. The van der Waals surface area contributed by atoms with Gasteiger partial charge in [-0.2, -0.15) is 0 Å². The van der Waals surface area contributed by atoms with Crippen LogP contribution in [0.4, 0.5) is 0 Å². The lowest BCUT2D eigenvalue weighted by molar-refractivity contribution is 0.0590. The molecule has 3 heteroatoms. The van der Waals surface area contributed by atoms with Gasteiger partial charge in [0.05, 0.1) is 7.11 Å². The molecule has 0 unspecified atom stereocenters. The van der Waals surface area contributed by atoms with Crippen molar-refractivity contribution in [2.75, 3.05) is 7.11 Å². The van der Waals surface area contributed by atoms with E-state index in [1.165, 1.54) is 7.11 Å². The van der Waals surface area contributed by atoms with Crippen LogP contribution in [0.25, 0.3) is 0 Å². The molecule has 0 aromatic carbocycles. The van der Waals surface area contributed by atoms with Crippen molar-refractivity contribution in [2.45, 2.75) is 6.42 Å². The maximum Gasteiger partial charge on any atom is 0.354 e. The second-order valence-corrected chi connectivity index (χ2v) is 2.72. The van der Waals surface area contributed by atoms with E-state index in [0.717, 1.165) is 5.56 Å². The number of esters is 1. The van der Waals surface area contributed by atoms with Crippen molar-refractivity contribution in [2.24, 2.45) is 7.05 Å². The van der Waals surface area contributed by atoms with Gasteiger partial charge in [0.15, 0.2) is 0 Å². The number of rotatable bonds is 2. The summed E-state index contributed by atoms with van der Waals surface area (Å²) < 4.78 is 6.30. The Kier molecular flexibility index (Phi) is 2.76. The van der Waals surface area contributed by atoms with E-state index in [9.17, 15) is 4.79 Å². The van der Waals surface area contributed by atoms with Crippen LogP contribution < -0.4 is 0 Å². The number of methoxy groups -OCH3 is 1. The van der Waals surface area contributed by atoms with Crippen LogP contribution in [-0.2, 0) is 18.2 Å². The highest BCUT2D eigenvalue weighted by atomic mass is 16.5. The van der Waals surface area contributed by atoms with Crippen molar-refractivity contribution in [3.05, 3.63) is 23.5 Å². The zero-order valence-corrected chi connectivity index (χ0v) is 7.70. The number of carbonyl (C=O) groups excluding carboxylic acids is 1. The van der Waals surface area contributed by atoms with Gasteiger partial charge < -0.3 is 9.30 Å². The van der Waals surface area contributed by atoms with Crippen LogP contribution in [0.5, 0.6) is 0 Å². The molecule has 0 aliphatic carbocycles. The summed E-state index contributed by atoms with van der Waals surface area (Å²) in [6, 6.07) is 1.74. The minimum atomic E-state index is -0.342. The van der Waals surface area contributed by atoms with Crippen LogP contribution in [0, 0.1) is 12.3 Å². The summed E-state index contributed by atoms with van der Waals surface area (Å²) in [5.74, 6) is 2.17. The second kappa shape index (κ2) is 3.81. The summed E-state index contributed by atoms with van der Waals surface area (Å²) in [6.07, 6.45) is 7.51. The molecule has 0 fully saturated rings. The largest absolute Gasteiger partial charge is 0.464 e. The maximum absolute atomic E-state index is 11.2. The van der Waals surface area contributed by atoms with Crippen molar-refractivity contribution in [1.82, 2.24) is 4.57 Å². The summed E-state index contributed by atoms with van der Waals surface area (Å²) >= 11 is 0. The Hall–Kier alpha value is -1.69. The van der Waals surface area contributed by atoms with Gasteiger partial charge in [0.2, 0.25) is 0 Å². The Balaban J connectivity index is 2.97. The molecule has 0 amide bonds. The highest BCUT2D eigenvalue weighted by Gasteiger charge is 2.10. The molecule has 3 nitrogen and oxygen atoms in total. The predicted octanol–water partition coefficient (Wildman–Crippen LogP) is 0.987. The Morgan fingerprint density at radius 3 is 3.00 bits per heavy atom. The SMILES string of the molecule is C#CCc1cc(C(=O)OC)n(C)c1. The lowest BCUT2D eigenvalue weighted by atomic mass is 10.2. The molecule has 1 heterocycles. The molecule has 1 rings (SSSR count). The van der Waals surface area contributed by atoms with Gasteiger partial charge in [-0.25, -0.2) is 4.79 Å². The summed E-state index contributed by atoms with van der Waals surface area (Å²) in [4.78, 5) is 11.2. The Bertz CT molecular complexity index is 357. The second-order valence-electron chi connectivity index (χ2n) is 2.72. The molecule has 0 N–H and O–H groups in total. The molecule has 1 aromatic heterocycles. The zero-order valence-electron chi connectivity index (χ0n) is 7.70. The van der Waals surface area contributed by atoms with Crippen LogP contribution in [0.3, 0.4) is 0 Å².